The first kappa shape index (κ1) is 33.2. The van der Waals surface area contributed by atoms with E-state index in [1.807, 2.05) is 84.9 Å². The van der Waals surface area contributed by atoms with E-state index < -0.39 is 7.14 Å². The molecule has 0 N–H and O–H groups in total. The van der Waals surface area contributed by atoms with Crippen molar-refractivity contribution >= 4 is 44.7 Å². The van der Waals surface area contributed by atoms with E-state index in [2.05, 4.69) is 120 Å². The van der Waals surface area contributed by atoms with Gasteiger partial charge in [-0.1, -0.05) is 188 Å². The summed E-state index contributed by atoms with van der Waals surface area (Å²) in [6.07, 6.45) is 0. The fraction of sp³-hybridized carbons (Fsp3) is 0. The second kappa shape index (κ2) is 13.2. The van der Waals surface area contributed by atoms with E-state index in [0.29, 0.717) is 17.6 Å². The van der Waals surface area contributed by atoms with Gasteiger partial charge in [-0.05, 0) is 39.6 Å². The van der Waals surface area contributed by atoms with E-state index in [0.717, 1.165) is 82.2 Å². The predicted octanol–water partition coefficient (Wildman–Crippen LogP) is 11.3. The third-order valence-electron chi connectivity index (χ3n) is 11.1. The second-order valence-corrected chi connectivity index (χ2v) is 17.0. The van der Waals surface area contributed by atoms with Gasteiger partial charge in [0.25, 0.3) is 0 Å². The minimum atomic E-state index is -3.44. The molecule has 2 aromatic heterocycles. The summed E-state index contributed by atoms with van der Waals surface area (Å²) in [5.41, 5.74) is 8.69. The molecule has 57 heavy (non-hydrogen) atoms. The number of benzene rings is 8. The van der Waals surface area contributed by atoms with Crippen molar-refractivity contribution in [3.05, 3.63) is 200 Å². The minimum absolute atomic E-state index is 0.484. The predicted molar refractivity (Wildman–Crippen MR) is 234 cm³/mol. The first-order valence-electron chi connectivity index (χ1n) is 19.1. The Morgan fingerprint density at radius 1 is 0.421 bits per heavy atom. The third kappa shape index (κ3) is 5.32. The molecule has 0 fully saturated rings. The van der Waals surface area contributed by atoms with Gasteiger partial charge in [-0.15, -0.1) is 0 Å². The van der Waals surface area contributed by atoms with Crippen LogP contribution in [-0.4, -0.2) is 19.5 Å². The number of aromatic nitrogens is 4. The van der Waals surface area contributed by atoms with E-state index in [9.17, 15) is 0 Å². The number of nitrogens with zero attached hydrogens (tertiary/aromatic N) is 4. The van der Waals surface area contributed by atoms with Crippen LogP contribution in [0.2, 0.25) is 0 Å². The number of rotatable bonds is 5. The summed E-state index contributed by atoms with van der Waals surface area (Å²) in [6, 6.07) is 68.1. The van der Waals surface area contributed by atoms with Crippen LogP contribution in [0.5, 0.6) is 0 Å². The molecule has 0 amide bonds. The maximum atomic E-state index is 16.5. The highest BCUT2D eigenvalue weighted by Crippen LogP contribution is 2.54. The van der Waals surface area contributed by atoms with Gasteiger partial charge in [0, 0.05) is 43.6 Å². The zero-order valence-corrected chi connectivity index (χ0v) is 31.6. The molecule has 1 aliphatic heterocycles. The van der Waals surface area contributed by atoms with Gasteiger partial charge < -0.3 is 4.57 Å². The molecular formula is C51H33N4OP. The Morgan fingerprint density at radius 2 is 0.947 bits per heavy atom. The fourth-order valence-corrected chi connectivity index (χ4v) is 11.5. The molecule has 3 heterocycles. The molecule has 1 aliphatic rings. The van der Waals surface area contributed by atoms with E-state index >= 15 is 4.57 Å². The summed E-state index contributed by atoms with van der Waals surface area (Å²) in [5.74, 6) is 1.62. The van der Waals surface area contributed by atoms with Crippen molar-refractivity contribution in [1.82, 2.24) is 19.5 Å². The zero-order chi connectivity index (χ0) is 37.9. The summed E-state index contributed by atoms with van der Waals surface area (Å²) < 4.78 is 18.6. The van der Waals surface area contributed by atoms with Gasteiger partial charge in [0.05, 0.1) is 11.2 Å². The zero-order valence-electron chi connectivity index (χ0n) is 30.7. The largest absolute Gasteiger partial charge is 0.309 e. The summed E-state index contributed by atoms with van der Waals surface area (Å²) in [6.45, 7) is 0. The lowest BCUT2D eigenvalue weighted by atomic mass is 9.98. The van der Waals surface area contributed by atoms with Gasteiger partial charge in [0.15, 0.2) is 18.8 Å². The fourth-order valence-electron chi connectivity index (χ4n) is 8.42. The molecule has 8 aromatic carbocycles. The average Bonchev–Trinajstić information content (AvgIpc) is 3.60. The van der Waals surface area contributed by atoms with Gasteiger partial charge in [0.1, 0.15) is 0 Å². The minimum Gasteiger partial charge on any atom is -0.309 e. The molecule has 10 aromatic rings. The molecule has 0 saturated heterocycles. The number of hydrogen-bond acceptors (Lipinski definition) is 4. The molecule has 0 spiro atoms. The van der Waals surface area contributed by atoms with Crippen LogP contribution in [0, 0.1) is 0 Å². The van der Waals surface area contributed by atoms with Crippen LogP contribution in [0.25, 0.3) is 83.9 Å². The average molecular weight is 749 g/mol. The van der Waals surface area contributed by atoms with Crippen molar-refractivity contribution in [1.29, 1.82) is 0 Å². The van der Waals surface area contributed by atoms with Gasteiger partial charge >= 0.3 is 0 Å². The van der Waals surface area contributed by atoms with Crippen molar-refractivity contribution in [2.75, 3.05) is 0 Å². The lowest BCUT2D eigenvalue weighted by Gasteiger charge is -2.23. The Hall–Kier alpha value is -7.20. The van der Waals surface area contributed by atoms with Crippen LogP contribution in [0.3, 0.4) is 0 Å². The molecule has 268 valence electrons. The van der Waals surface area contributed by atoms with Crippen LogP contribution in [0.4, 0.5) is 0 Å². The standard InChI is InChI=1S/C51H33N4OP/c56-57(40-32-31-35-17-7-8-20-39(35)33-40)45-25-13-10-22-42(45)47-41-21-9-12-24-44(41)55(48(47)43-23-11-14-26-46(43)57)51-53-49(37-18-5-2-6-19-37)52-50(54-51)38-29-27-36(28-30-38)34-15-3-1-4-16-34/h1-33H. The first-order chi connectivity index (χ1) is 28.1. The molecule has 1 unspecified atom stereocenters. The van der Waals surface area contributed by atoms with Crippen LogP contribution < -0.4 is 15.9 Å². The van der Waals surface area contributed by atoms with E-state index in [4.69, 9.17) is 15.0 Å². The molecule has 0 radical (unpaired) electrons. The van der Waals surface area contributed by atoms with Crippen LogP contribution in [-0.2, 0) is 4.57 Å². The van der Waals surface area contributed by atoms with Crippen molar-refractivity contribution in [3.8, 4) is 62.2 Å². The van der Waals surface area contributed by atoms with Crippen LogP contribution >= 0.6 is 7.14 Å². The first-order valence-corrected chi connectivity index (χ1v) is 20.8. The van der Waals surface area contributed by atoms with E-state index in [1.54, 1.807) is 0 Å². The Balaban J connectivity index is 1.21. The van der Waals surface area contributed by atoms with Gasteiger partial charge in [-0.2, -0.15) is 9.97 Å². The maximum Gasteiger partial charge on any atom is 0.238 e. The summed E-state index contributed by atoms with van der Waals surface area (Å²) >= 11 is 0. The normalized spacial score (nSPS) is 14.5. The number of hydrogen-bond donors (Lipinski definition) is 0. The Bertz CT molecular complexity index is 3210. The van der Waals surface area contributed by atoms with Crippen molar-refractivity contribution in [3.63, 3.8) is 0 Å². The topological polar surface area (TPSA) is 60.7 Å². The van der Waals surface area contributed by atoms with E-state index in [-0.39, 0.29) is 0 Å². The highest BCUT2D eigenvalue weighted by molar-refractivity contribution is 7.85. The second-order valence-electron chi connectivity index (χ2n) is 14.3. The maximum absolute atomic E-state index is 16.5. The quantitative estimate of drug-likeness (QED) is 0.164. The van der Waals surface area contributed by atoms with Crippen molar-refractivity contribution < 1.29 is 4.57 Å². The number of fused-ring (bicyclic) bond motifs is 8. The molecule has 0 bridgehead atoms. The molecule has 5 nitrogen and oxygen atoms in total. The highest BCUT2D eigenvalue weighted by atomic mass is 31.2. The highest BCUT2D eigenvalue weighted by Gasteiger charge is 2.40. The Kier molecular flexibility index (Phi) is 7.70. The Morgan fingerprint density at radius 3 is 1.68 bits per heavy atom. The smallest absolute Gasteiger partial charge is 0.238 e. The molecule has 6 heteroatoms. The molecule has 11 rings (SSSR count). The lowest BCUT2D eigenvalue weighted by molar-refractivity contribution is 0.592. The van der Waals surface area contributed by atoms with Crippen LogP contribution in [0.15, 0.2) is 200 Å². The SMILES string of the molecule is O=P1(c2ccc3ccccc3c2)c2ccccc2-c2c(n(-c3nc(-c4ccccc4)nc(-c4ccc(-c5ccccc5)cc4)n3)c3ccccc23)-c2ccccc21. The monoisotopic (exact) mass is 748 g/mol. The molecular weight excluding hydrogens is 716 g/mol. The molecule has 0 aliphatic carbocycles. The number of para-hydroxylation sites is 1. The summed E-state index contributed by atoms with van der Waals surface area (Å²) in [4.78, 5) is 15.6. The van der Waals surface area contributed by atoms with Gasteiger partial charge in [-0.25, -0.2) is 4.98 Å². The van der Waals surface area contributed by atoms with Crippen LogP contribution in [0.1, 0.15) is 0 Å². The Labute approximate surface area is 330 Å². The molecule has 1 atom stereocenters. The lowest BCUT2D eigenvalue weighted by Crippen LogP contribution is -2.26. The summed E-state index contributed by atoms with van der Waals surface area (Å²) in [5, 5.41) is 5.59. The summed E-state index contributed by atoms with van der Waals surface area (Å²) in [7, 11) is -3.44. The van der Waals surface area contributed by atoms with Crippen molar-refractivity contribution in [2.24, 2.45) is 0 Å². The van der Waals surface area contributed by atoms with E-state index in [1.165, 1.54) is 0 Å². The third-order valence-corrected chi connectivity index (χ3v) is 14.2. The van der Waals surface area contributed by atoms with Gasteiger partial charge in [0.2, 0.25) is 5.95 Å². The van der Waals surface area contributed by atoms with Gasteiger partial charge in [-0.3, -0.25) is 4.57 Å². The molecule has 0 saturated carbocycles. The van der Waals surface area contributed by atoms with Crippen molar-refractivity contribution in [2.45, 2.75) is 0 Å².